The summed E-state index contributed by atoms with van der Waals surface area (Å²) in [5.74, 6) is -1.52. The van der Waals surface area contributed by atoms with Crippen molar-refractivity contribution in [3.05, 3.63) is 48.2 Å². The summed E-state index contributed by atoms with van der Waals surface area (Å²) in [5.41, 5.74) is 0.446. The molecule has 0 fully saturated rings. The highest BCUT2D eigenvalue weighted by Gasteiger charge is 2.09. The quantitative estimate of drug-likeness (QED) is 0.696. The molecule has 0 unspecified atom stereocenters. The third-order valence-electron chi connectivity index (χ3n) is 2.01. The first kappa shape index (κ1) is 9.71. The van der Waals surface area contributed by atoms with Crippen LogP contribution in [0.5, 0.6) is 0 Å². The van der Waals surface area contributed by atoms with Crippen LogP contribution in [0.15, 0.2) is 42.6 Å². The van der Waals surface area contributed by atoms with Crippen molar-refractivity contribution in [3.8, 4) is 0 Å². The molecule has 1 aromatic carbocycles. The Morgan fingerprint density at radius 3 is 2.53 bits per heavy atom. The van der Waals surface area contributed by atoms with Gasteiger partial charge in [-0.3, -0.25) is 4.98 Å². The lowest BCUT2D eigenvalue weighted by atomic mass is 10.1. The summed E-state index contributed by atoms with van der Waals surface area (Å²) >= 11 is 0. The second-order valence-corrected chi connectivity index (χ2v) is 2.99. The van der Waals surface area contributed by atoms with Crippen LogP contribution < -0.4 is 0 Å². The summed E-state index contributed by atoms with van der Waals surface area (Å²) in [6.45, 7) is 0. The van der Waals surface area contributed by atoms with Gasteiger partial charge in [0.05, 0.1) is 5.52 Å². The van der Waals surface area contributed by atoms with Crippen LogP contribution in [0, 0.1) is 0 Å². The van der Waals surface area contributed by atoms with Crippen molar-refractivity contribution < 1.29 is 13.2 Å². The van der Waals surface area contributed by atoms with Gasteiger partial charge >= 0.3 is 6.08 Å². The molecule has 1 nitrogen and oxygen atoms in total. The summed E-state index contributed by atoms with van der Waals surface area (Å²) in [6.07, 6.45) is -1.23. The Labute approximate surface area is 83.9 Å². The standard InChI is InChI=1S/C11H6F3N/c12-10(11(13)14)8-5-7-3-1-2-4-9(7)15-6-8/h1-6H. The maximum absolute atomic E-state index is 12.9. The molecular formula is C11H6F3N. The number of hydrogen-bond acceptors (Lipinski definition) is 1. The molecule has 1 heterocycles. The van der Waals surface area contributed by atoms with Gasteiger partial charge in [0.15, 0.2) is 5.83 Å². The molecule has 76 valence electrons. The number of benzene rings is 1. The van der Waals surface area contributed by atoms with E-state index in [4.69, 9.17) is 0 Å². The van der Waals surface area contributed by atoms with Crippen LogP contribution in [0.25, 0.3) is 16.7 Å². The molecule has 0 N–H and O–H groups in total. The minimum atomic E-state index is -2.33. The lowest BCUT2D eigenvalue weighted by molar-refractivity contribution is 0.410. The normalized spacial score (nSPS) is 10.3. The van der Waals surface area contributed by atoms with Crippen LogP contribution in [0.3, 0.4) is 0 Å². The molecule has 0 spiro atoms. The molecule has 15 heavy (non-hydrogen) atoms. The van der Waals surface area contributed by atoms with Crippen LogP contribution >= 0.6 is 0 Å². The average Bonchev–Trinajstić information content (AvgIpc) is 2.27. The molecule has 0 bridgehead atoms. The zero-order chi connectivity index (χ0) is 10.8. The van der Waals surface area contributed by atoms with E-state index >= 15 is 0 Å². The monoisotopic (exact) mass is 209 g/mol. The zero-order valence-corrected chi connectivity index (χ0v) is 7.55. The SMILES string of the molecule is FC(F)=C(F)c1cnc2ccccc2c1. The Morgan fingerprint density at radius 1 is 1.07 bits per heavy atom. The highest BCUT2D eigenvalue weighted by Crippen LogP contribution is 2.24. The second kappa shape index (κ2) is 3.73. The van der Waals surface area contributed by atoms with Crippen molar-refractivity contribution in [2.24, 2.45) is 0 Å². The number of aromatic nitrogens is 1. The summed E-state index contributed by atoms with van der Waals surface area (Å²) < 4.78 is 36.9. The maximum Gasteiger partial charge on any atom is 0.306 e. The van der Waals surface area contributed by atoms with Crippen molar-refractivity contribution in [1.29, 1.82) is 0 Å². The van der Waals surface area contributed by atoms with E-state index in [9.17, 15) is 13.2 Å². The lowest BCUT2D eigenvalue weighted by Gasteiger charge is -1.99. The van der Waals surface area contributed by atoms with Crippen LogP contribution in [-0.4, -0.2) is 4.98 Å². The Kier molecular flexibility index (Phi) is 2.41. The van der Waals surface area contributed by atoms with Crippen molar-refractivity contribution in [1.82, 2.24) is 4.98 Å². The predicted octanol–water partition coefficient (Wildman–Crippen LogP) is 3.77. The van der Waals surface area contributed by atoms with E-state index < -0.39 is 11.9 Å². The highest BCUT2D eigenvalue weighted by molar-refractivity contribution is 5.81. The van der Waals surface area contributed by atoms with E-state index in [2.05, 4.69) is 4.98 Å². The molecular weight excluding hydrogens is 203 g/mol. The van der Waals surface area contributed by atoms with Gasteiger partial charge in [-0.2, -0.15) is 8.78 Å². The third-order valence-corrected chi connectivity index (χ3v) is 2.01. The Hall–Kier alpha value is -1.84. The number of hydrogen-bond donors (Lipinski definition) is 0. The topological polar surface area (TPSA) is 12.9 Å². The fourth-order valence-electron chi connectivity index (χ4n) is 1.30. The molecule has 0 aliphatic carbocycles. The molecule has 4 heteroatoms. The first-order valence-electron chi connectivity index (χ1n) is 4.24. The summed E-state index contributed by atoms with van der Waals surface area (Å²) in [6, 6.07) is 8.27. The lowest BCUT2D eigenvalue weighted by Crippen LogP contribution is -1.84. The average molecular weight is 209 g/mol. The molecule has 0 radical (unpaired) electrons. The van der Waals surface area contributed by atoms with E-state index in [-0.39, 0.29) is 5.56 Å². The Balaban J connectivity index is 2.62. The molecule has 0 aliphatic rings. The highest BCUT2D eigenvalue weighted by atomic mass is 19.3. The maximum atomic E-state index is 12.9. The van der Waals surface area contributed by atoms with Crippen LogP contribution in [-0.2, 0) is 0 Å². The zero-order valence-electron chi connectivity index (χ0n) is 7.55. The predicted molar refractivity (Wildman–Crippen MR) is 52.0 cm³/mol. The third kappa shape index (κ3) is 1.83. The molecule has 0 saturated carbocycles. The number of para-hydroxylation sites is 1. The van der Waals surface area contributed by atoms with Crippen LogP contribution in [0.1, 0.15) is 5.56 Å². The fraction of sp³-hybridized carbons (Fsp3) is 0. The molecule has 0 atom stereocenters. The smallest absolute Gasteiger partial charge is 0.256 e. The van der Waals surface area contributed by atoms with Gasteiger partial charge in [-0.25, -0.2) is 4.39 Å². The van der Waals surface area contributed by atoms with Crippen molar-refractivity contribution >= 4 is 16.7 Å². The number of nitrogens with zero attached hydrogens (tertiary/aromatic N) is 1. The van der Waals surface area contributed by atoms with Gasteiger partial charge in [0.25, 0.3) is 0 Å². The first-order valence-corrected chi connectivity index (χ1v) is 4.24. The van der Waals surface area contributed by atoms with E-state index in [1.54, 1.807) is 24.3 Å². The van der Waals surface area contributed by atoms with Crippen molar-refractivity contribution in [2.45, 2.75) is 0 Å². The molecule has 2 rings (SSSR count). The van der Waals surface area contributed by atoms with Gasteiger partial charge in [0.2, 0.25) is 0 Å². The van der Waals surface area contributed by atoms with Gasteiger partial charge in [-0.1, -0.05) is 18.2 Å². The number of pyridine rings is 1. The number of rotatable bonds is 1. The summed E-state index contributed by atoms with van der Waals surface area (Å²) in [5, 5.41) is 0.631. The minimum Gasteiger partial charge on any atom is -0.256 e. The number of halogens is 3. The fourth-order valence-corrected chi connectivity index (χ4v) is 1.30. The van der Waals surface area contributed by atoms with E-state index in [0.29, 0.717) is 10.9 Å². The number of fused-ring (bicyclic) bond motifs is 1. The van der Waals surface area contributed by atoms with E-state index in [1.165, 1.54) is 6.07 Å². The van der Waals surface area contributed by atoms with Crippen molar-refractivity contribution in [3.63, 3.8) is 0 Å². The van der Waals surface area contributed by atoms with Gasteiger partial charge in [0, 0.05) is 17.1 Å². The minimum absolute atomic E-state index is 0.200. The van der Waals surface area contributed by atoms with Gasteiger partial charge in [0.1, 0.15) is 0 Å². The van der Waals surface area contributed by atoms with Gasteiger partial charge in [-0.15, -0.1) is 0 Å². The molecule has 0 aliphatic heterocycles. The molecule has 0 saturated heterocycles. The van der Waals surface area contributed by atoms with Gasteiger partial charge < -0.3 is 0 Å². The molecule has 1 aromatic heterocycles. The molecule has 2 aromatic rings. The largest absolute Gasteiger partial charge is 0.306 e. The molecule has 0 amide bonds. The van der Waals surface area contributed by atoms with Gasteiger partial charge in [-0.05, 0) is 12.1 Å². The Bertz CT molecular complexity index is 530. The van der Waals surface area contributed by atoms with E-state index in [0.717, 1.165) is 6.20 Å². The first-order chi connectivity index (χ1) is 7.18. The van der Waals surface area contributed by atoms with Crippen LogP contribution in [0.2, 0.25) is 0 Å². The summed E-state index contributed by atoms with van der Waals surface area (Å²) in [7, 11) is 0. The Morgan fingerprint density at radius 2 is 1.80 bits per heavy atom. The van der Waals surface area contributed by atoms with Crippen LogP contribution in [0.4, 0.5) is 13.2 Å². The van der Waals surface area contributed by atoms with Crippen molar-refractivity contribution in [2.75, 3.05) is 0 Å². The summed E-state index contributed by atoms with van der Waals surface area (Å²) in [4.78, 5) is 3.88. The second-order valence-electron chi connectivity index (χ2n) is 2.99. The van der Waals surface area contributed by atoms with E-state index in [1.807, 2.05) is 0 Å².